The molecule has 0 radical (unpaired) electrons. The van der Waals surface area contributed by atoms with Gasteiger partial charge in [0.15, 0.2) is 0 Å². The van der Waals surface area contributed by atoms with Crippen molar-refractivity contribution < 1.29 is 18.3 Å². The second-order valence-electron chi connectivity index (χ2n) is 7.84. The lowest BCUT2D eigenvalue weighted by Gasteiger charge is -2.28. The lowest BCUT2D eigenvalue weighted by atomic mass is 9.92. The fraction of sp³-hybridized carbons (Fsp3) is 0.737. The zero-order valence-corrected chi connectivity index (χ0v) is 15.6. The van der Waals surface area contributed by atoms with Gasteiger partial charge >= 0.3 is 0 Å². The zero-order valence-electron chi connectivity index (χ0n) is 14.8. The average Bonchev–Trinajstić information content (AvgIpc) is 3.20. The van der Waals surface area contributed by atoms with Gasteiger partial charge in [-0.1, -0.05) is 0 Å². The molecule has 3 fully saturated rings. The molecule has 1 aromatic heterocycles. The molecule has 3 aliphatic rings. The number of halogens is 2. The average molecular weight is 384 g/mol. The quantitative estimate of drug-likeness (QED) is 0.814. The van der Waals surface area contributed by atoms with Gasteiger partial charge in [-0.05, 0) is 38.2 Å². The van der Waals surface area contributed by atoms with Crippen LogP contribution in [0, 0.1) is 0 Å². The van der Waals surface area contributed by atoms with E-state index in [0.717, 1.165) is 32.5 Å². The monoisotopic (exact) mass is 384 g/mol. The summed E-state index contributed by atoms with van der Waals surface area (Å²) in [5.74, 6) is -2.19. The number of rotatable bonds is 5. The first-order chi connectivity index (χ1) is 12.5. The van der Waals surface area contributed by atoms with E-state index in [0.29, 0.717) is 36.4 Å². The van der Waals surface area contributed by atoms with Crippen molar-refractivity contribution in [3.05, 3.63) is 21.9 Å². The summed E-state index contributed by atoms with van der Waals surface area (Å²) in [6, 6.07) is 2.90. The van der Waals surface area contributed by atoms with Crippen molar-refractivity contribution in [1.82, 2.24) is 10.6 Å². The first-order valence-corrected chi connectivity index (χ1v) is 10.5. The highest BCUT2D eigenvalue weighted by Crippen LogP contribution is 2.44. The van der Waals surface area contributed by atoms with Crippen LogP contribution >= 0.6 is 11.3 Å². The Labute approximate surface area is 156 Å². The number of thiophene rings is 1. The Hall–Kier alpha value is -1.05. The minimum Gasteiger partial charge on any atom is -0.381 e. The third-order valence-corrected chi connectivity index (χ3v) is 6.83. The summed E-state index contributed by atoms with van der Waals surface area (Å²) < 4.78 is 31.8. The number of nitrogens with one attached hydrogen (secondary N) is 2. The smallest absolute Gasteiger partial charge is 0.252 e. The number of hydrogen-bond donors (Lipinski definition) is 2. The first-order valence-electron chi connectivity index (χ1n) is 9.61. The molecule has 2 aliphatic carbocycles. The van der Waals surface area contributed by atoms with Crippen molar-refractivity contribution in [1.29, 1.82) is 0 Å². The SMILES string of the molecule is O=C(NC1CCC(F)(F)CC1)c1csc([C@H]2C[C@H]2NC2CCOCC2)c1. The van der Waals surface area contributed by atoms with Gasteiger partial charge in [-0.15, -0.1) is 11.3 Å². The zero-order chi connectivity index (χ0) is 18.1. The van der Waals surface area contributed by atoms with Crippen LogP contribution in [-0.4, -0.2) is 43.2 Å². The van der Waals surface area contributed by atoms with Crippen LogP contribution in [-0.2, 0) is 4.74 Å². The van der Waals surface area contributed by atoms with Crippen molar-refractivity contribution >= 4 is 17.2 Å². The van der Waals surface area contributed by atoms with Crippen LogP contribution in [0.15, 0.2) is 11.4 Å². The topological polar surface area (TPSA) is 50.4 Å². The molecule has 1 aliphatic heterocycles. The molecule has 4 nitrogen and oxygen atoms in total. The van der Waals surface area contributed by atoms with Crippen LogP contribution in [0.25, 0.3) is 0 Å². The van der Waals surface area contributed by atoms with Crippen LogP contribution in [0.4, 0.5) is 8.78 Å². The van der Waals surface area contributed by atoms with Gasteiger partial charge in [-0.25, -0.2) is 8.78 Å². The maximum Gasteiger partial charge on any atom is 0.252 e. The maximum atomic E-state index is 13.2. The normalized spacial score (nSPS) is 29.5. The van der Waals surface area contributed by atoms with Gasteiger partial charge < -0.3 is 15.4 Å². The van der Waals surface area contributed by atoms with E-state index in [2.05, 4.69) is 10.6 Å². The van der Waals surface area contributed by atoms with E-state index >= 15 is 0 Å². The molecular weight excluding hydrogens is 358 g/mol. The molecule has 0 spiro atoms. The second kappa shape index (κ2) is 7.52. The number of amides is 1. The van der Waals surface area contributed by atoms with E-state index in [-0.39, 0.29) is 24.8 Å². The molecule has 1 saturated heterocycles. The van der Waals surface area contributed by atoms with E-state index in [1.807, 2.05) is 11.4 Å². The van der Waals surface area contributed by atoms with Gasteiger partial charge in [0.2, 0.25) is 5.92 Å². The molecule has 0 bridgehead atoms. The lowest BCUT2D eigenvalue weighted by molar-refractivity contribution is -0.0399. The molecule has 2 heterocycles. The van der Waals surface area contributed by atoms with Crippen LogP contribution in [0.2, 0.25) is 0 Å². The Bertz CT molecular complexity index is 635. The van der Waals surface area contributed by atoms with Crippen LogP contribution in [0.1, 0.15) is 66.1 Å². The summed E-state index contributed by atoms with van der Waals surface area (Å²) >= 11 is 1.63. The van der Waals surface area contributed by atoms with Gasteiger partial charge in [0.05, 0.1) is 5.56 Å². The highest BCUT2D eigenvalue weighted by molar-refractivity contribution is 7.10. The highest BCUT2D eigenvalue weighted by atomic mass is 32.1. The fourth-order valence-corrected chi connectivity index (χ4v) is 5.05. The number of hydrogen-bond acceptors (Lipinski definition) is 4. The Balaban J connectivity index is 1.26. The Morgan fingerprint density at radius 1 is 1.15 bits per heavy atom. The molecule has 4 rings (SSSR count). The van der Waals surface area contributed by atoms with E-state index in [9.17, 15) is 13.6 Å². The van der Waals surface area contributed by atoms with Crippen molar-refractivity contribution in [2.24, 2.45) is 0 Å². The summed E-state index contributed by atoms with van der Waals surface area (Å²) in [4.78, 5) is 13.7. The number of carbonyl (C=O) groups is 1. The fourth-order valence-electron chi connectivity index (χ4n) is 3.98. The van der Waals surface area contributed by atoms with E-state index in [1.54, 1.807) is 11.3 Å². The molecule has 2 atom stereocenters. The number of ether oxygens (including phenoxy) is 1. The number of carbonyl (C=O) groups excluding carboxylic acids is 1. The minimum absolute atomic E-state index is 0.127. The van der Waals surface area contributed by atoms with Crippen LogP contribution in [0.5, 0.6) is 0 Å². The van der Waals surface area contributed by atoms with Crippen molar-refractivity contribution in [3.63, 3.8) is 0 Å². The molecule has 1 amide bonds. The molecule has 0 unspecified atom stereocenters. The highest BCUT2D eigenvalue weighted by Gasteiger charge is 2.41. The standard InChI is InChI=1S/C19H26F2N2O2S/c20-19(21)5-1-13(2-6-19)23-18(24)12-9-17(26-11-12)15-10-16(15)22-14-3-7-25-8-4-14/h9,11,13-16,22H,1-8,10H2,(H,23,24)/t15-,16+/m0/s1. The van der Waals surface area contributed by atoms with E-state index < -0.39 is 5.92 Å². The molecule has 26 heavy (non-hydrogen) atoms. The molecule has 0 aromatic carbocycles. The predicted octanol–water partition coefficient (Wildman–Crippen LogP) is 3.68. The van der Waals surface area contributed by atoms with Gasteiger partial charge in [-0.3, -0.25) is 4.79 Å². The summed E-state index contributed by atoms with van der Waals surface area (Å²) in [6.45, 7) is 1.68. The Kier molecular flexibility index (Phi) is 5.30. The molecular formula is C19H26F2N2O2S. The Morgan fingerprint density at radius 2 is 1.88 bits per heavy atom. The molecule has 7 heteroatoms. The molecule has 1 aromatic rings. The third kappa shape index (κ3) is 4.43. The summed E-state index contributed by atoms with van der Waals surface area (Å²) in [7, 11) is 0. The molecule has 2 saturated carbocycles. The second-order valence-corrected chi connectivity index (χ2v) is 8.79. The van der Waals surface area contributed by atoms with Crippen molar-refractivity contribution in [2.75, 3.05) is 13.2 Å². The lowest BCUT2D eigenvalue weighted by Crippen LogP contribution is -2.40. The van der Waals surface area contributed by atoms with Crippen LogP contribution < -0.4 is 10.6 Å². The first kappa shape index (κ1) is 18.3. The van der Waals surface area contributed by atoms with Gasteiger partial charge in [-0.2, -0.15) is 0 Å². The van der Waals surface area contributed by atoms with E-state index in [4.69, 9.17) is 4.74 Å². The van der Waals surface area contributed by atoms with Gasteiger partial charge in [0, 0.05) is 60.4 Å². The van der Waals surface area contributed by atoms with Gasteiger partial charge in [0.1, 0.15) is 0 Å². The summed E-state index contributed by atoms with van der Waals surface area (Å²) in [5, 5.41) is 8.53. The van der Waals surface area contributed by atoms with Crippen LogP contribution in [0.3, 0.4) is 0 Å². The molecule has 144 valence electrons. The summed E-state index contributed by atoms with van der Waals surface area (Å²) in [5.41, 5.74) is 0.666. The Morgan fingerprint density at radius 3 is 2.62 bits per heavy atom. The van der Waals surface area contributed by atoms with Crippen molar-refractivity contribution in [3.8, 4) is 0 Å². The maximum absolute atomic E-state index is 13.2. The van der Waals surface area contributed by atoms with Crippen molar-refractivity contribution in [2.45, 2.75) is 74.9 Å². The minimum atomic E-state index is -2.56. The summed E-state index contributed by atoms with van der Waals surface area (Å²) in [6.07, 6.45) is 3.72. The third-order valence-electron chi connectivity index (χ3n) is 5.76. The van der Waals surface area contributed by atoms with E-state index in [1.165, 1.54) is 4.88 Å². The predicted molar refractivity (Wildman–Crippen MR) is 97.1 cm³/mol. The van der Waals surface area contributed by atoms with Gasteiger partial charge in [0.25, 0.3) is 5.91 Å². The number of alkyl halides is 2. The molecule has 2 N–H and O–H groups in total. The largest absolute Gasteiger partial charge is 0.381 e.